The highest BCUT2D eigenvalue weighted by Gasteiger charge is 2.21. The van der Waals surface area contributed by atoms with Crippen LogP contribution in [0.5, 0.6) is 0 Å². The first-order valence-corrected chi connectivity index (χ1v) is 4.91. The zero-order chi connectivity index (χ0) is 8.67. The Kier molecular flexibility index (Phi) is 1.46. The minimum atomic E-state index is 0.474. The van der Waals surface area contributed by atoms with E-state index in [1.807, 2.05) is 12.1 Å². The fourth-order valence-electron chi connectivity index (χ4n) is 1.42. The van der Waals surface area contributed by atoms with E-state index in [1.165, 1.54) is 10.5 Å². The van der Waals surface area contributed by atoms with Crippen LogP contribution in [0.25, 0.3) is 6.08 Å². The zero-order valence-electron chi connectivity index (χ0n) is 6.86. The van der Waals surface area contributed by atoms with Crippen LogP contribution in [0.2, 0.25) is 0 Å². The van der Waals surface area contributed by atoms with Crippen molar-refractivity contribution >= 4 is 22.9 Å². The van der Waals surface area contributed by atoms with Gasteiger partial charge in [-0.15, -0.1) is 0 Å². The summed E-state index contributed by atoms with van der Waals surface area (Å²) >= 11 is 1.68. The molecular formula is C10H7NOS. The molecule has 13 heavy (non-hydrogen) atoms. The second kappa shape index (κ2) is 2.64. The Morgan fingerprint density at radius 2 is 2.23 bits per heavy atom. The van der Waals surface area contributed by atoms with Gasteiger partial charge in [-0.05, 0) is 17.7 Å². The van der Waals surface area contributed by atoms with Gasteiger partial charge in [-0.1, -0.05) is 30.0 Å². The van der Waals surface area contributed by atoms with Crippen molar-refractivity contribution in [3.63, 3.8) is 0 Å². The Bertz CT molecular complexity index is 423. The van der Waals surface area contributed by atoms with E-state index in [-0.39, 0.29) is 0 Å². The summed E-state index contributed by atoms with van der Waals surface area (Å²) in [5.41, 5.74) is 1.23. The van der Waals surface area contributed by atoms with Gasteiger partial charge in [0.05, 0.1) is 0 Å². The number of hydrogen-bond donors (Lipinski definition) is 0. The molecule has 1 aromatic carbocycles. The van der Waals surface area contributed by atoms with Gasteiger partial charge in [0, 0.05) is 4.90 Å². The summed E-state index contributed by atoms with van der Waals surface area (Å²) < 4.78 is 5.35. The molecule has 2 heterocycles. The maximum Gasteiger partial charge on any atom is 0.180 e. The monoisotopic (exact) mass is 189 g/mol. The Morgan fingerprint density at radius 1 is 1.31 bits per heavy atom. The molecular weight excluding hydrogens is 182 g/mol. The fraction of sp³-hybridized carbons (Fsp3) is 0.100. The van der Waals surface area contributed by atoms with Gasteiger partial charge < -0.3 is 4.74 Å². The van der Waals surface area contributed by atoms with Crippen LogP contribution in [0.15, 0.2) is 39.9 Å². The fourth-order valence-corrected chi connectivity index (χ4v) is 2.36. The van der Waals surface area contributed by atoms with Gasteiger partial charge in [-0.3, -0.25) is 0 Å². The predicted octanol–water partition coefficient (Wildman–Crippen LogP) is 2.52. The molecule has 3 heteroatoms. The first-order chi connectivity index (χ1) is 6.43. The van der Waals surface area contributed by atoms with Crippen LogP contribution in [-0.4, -0.2) is 11.8 Å². The molecule has 0 aliphatic carbocycles. The summed E-state index contributed by atoms with van der Waals surface area (Å²) in [6, 6.07) is 8.27. The summed E-state index contributed by atoms with van der Waals surface area (Å²) in [4.78, 5) is 5.51. The van der Waals surface area contributed by atoms with Crippen LogP contribution in [0.4, 0.5) is 0 Å². The molecule has 0 bridgehead atoms. The van der Waals surface area contributed by atoms with Crippen LogP contribution >= 0.6 is 11.8 Å². The first kappa shape index (κ1) is 7.21. The van der Waals surface area contributed by atoms with Crippen LogP contribution in [-0.2, 0) is 4.74 Å². The summed E-state index contributed by atoms with van der Waals surface area (Å²) in [6.07, 6.45) is 2.05. The van der Waals surface area contributed by atoms with E-state index in [0.717, 1.165) is 10.8 Å². The van der Waals surface area contributed by atoms with E-state index >= 15 is 0 Å². The lowest BCUT2D eigenvalue weighted by Gasteiger charge is -2.11. The minimum Gasteiger partial charge on any atom is -0.468 e. The molecule has 3 rings (SSSR count). The molecule has 0 aromatic heterocycles. The Morgan fingerprint density at radius 3 is 3.23 bits per heavy atom. The van der Waals surface area contributed by atoms with E-state index in [1.54, 1.807) is 11.8 Å². The molecule has 2 aliphatic heterocycles. The van der Waals surface area contributed by atoms with Gasteiger partial charge in [0.1, 0.15) is 5.04 Å². The van der Waals surface area contributed by atoms with Crippen molar-refractivity contribution in [2.75, 3.05) is 6.73 Å². The van der Waals surface area contributed by atoms with Crippen LogP contribution in [0.3, 0.4) is 0 Å². The van der Waals surface area contributed by atoms with Crippen molar-refractivity contribution in [1.82, 2.24) is 0 Å². The molecule has 1 aromatic rings. The average molecular weight is 189 g/mol. The van der Waals surface area contributed by atoms with Crippen molar-refractivity contribution in [3.8, 4) is 0 Å². The number of aliphatic imine (C=N–C) groups is 1. The van der Waals surface area contributed by atoms with Crippen LogP contribution in [0, 0.1) is 0 Å². The standard InChI is InChI=1S/C10H7NOS/c1-2-4-9-7(3-1)5-8-10(13-9)11-6-12-8/h1-5H,6H2. The molecule has 0 spiro atoms. The van der Waals surface area contributed by atoms with Crippen molar-refractivity contribution < 1.29 is 4.74 Å². The Labute approximate surface area is 80.3 Å². The lowest BCUT2D eigenvalue weighted by atomic mass is 10.2. The first-order valence-electron chi connectivity index (χ1n) is 4.10. The number of benzene rings is 1. The smallest absolute Gasteiger partial charge is 0.180 e. The van der Waals surface area contributed by atoms with Crippen molar-refractivity contribution in [1.29, 1.82) is 0 Å². The highest BCUT2D eigenvalue weighted by molar-refractivity contribution is 8.14. The largest absolute Gasteiger partial charge is 0.468 e. The highest BCUT2D eigenvalue weighted by atomic mass is 32.2. The molecule has 0 radical (unpaired) electrons. The zero-order valence-corrected chi connectivity index (χ0v) is 7.67. The highest BCUT2D eigenvalue weighted by Crippen LogP contribution is 2.35. The summed E-state index contributed by atoms with van der Waals surface area (Å²) in [5.74, 6) is 0.920. The van der Waals surface area contributed by atoms with Crippen LogP contribution < -0.4 is 0 Å². The number of nitrogens with zero attached hydrogens (tertiary/aromatic N) is 1. The number of fused-ring (bicyclic) bond motifs is 2. The number of ether oxygens (including phenoxy) is 1. The molecule has 0 fully saturated rings. The van der Waals surface area contributed by atoms with Gasteiger partial charge >= 0.3 is 0 Å². The van der Waals surface area contributed by atoms with Crippen molar-refractivity contribution in [2.24, 2.45) is 4.99 Å². The molecule has 0 N–H and O–H groups in total. The summed E-state index contributed by atoms with van der Waals surface area (Å²) in [5, 5.41) is 1.01. The second-order valence-electron chi connectivity index (χ2n) is 2.89. The van der Waals surface area contributed by atoms with Crippen molar-refractivity contribution in [2.45, 2.75) is 4.90 Å². The number of thioether (sulfide) groups is 1. The lowest BCUT2D eigenvalue weighted by Crippen LogP contribution is -1.99. The summed E-state index contributed by atoms with van der Waals surface area (Å²) in [6.45, 7) is 0.474. The van der Waals surface area contributed by atoms with E-state index in [0.29, 0.717) is 6.73 Å². The Hall–Kier alpha value is -1.22. The maximum absolute atomic E-state index is 5.35. The average Bonchev–Trinajstić information content (AvgIpc) is 2.61. The third kappa shape index (κ3) is 1.08. The Balaban J connectivity index is 2.18. The predicted molar refractivity (Wildman–Crippen MR) is 53.7 cm³/mol. The molecule has 0 atom stereocenters. The third-order valence-electron chi connectivity index (χ3n) is 2.05. The minimum absolute atomic E-state index is 0.474. The van der Waals surface area contributed by atoms with Crippen LogP contribution in [0.1, 0.15) is 5.56 Å². The maximum atomic E-state index is 5.35. The lowest BCUT2D eigenvalue weighted by molar-refractivity contribution is 0.264. The van der Waals surface area contributed by atoms with E-state index in [9.17, 15) is 0 Å². The normalized spacial score (nSPS) is 18.2. The SMILES string of the molecule is C1=C2OCN=C2Sc2ccccc21. The molecule has 0 saturated heterocycles. The molecule has 2 nitrogen and oxygen atoms in total. The van der Waals surface area contributed by atoms with E-state index in [4.69, 9.17) is 4.74 Å². The van der Waals surface area contributed by atoms with Gasteiger partial charge in [-0.25, -0.2) is 4.99 Å². The van der Waals surface area contributed by atoms with Gasteiger partial charge in [0.2, 0.25) is 0 Å². The molecule has 0 unspecified atom stereocenters. The van der Waals surface area contributed by atoms with Gasteiger partial charge in [0.25, 0.3) is 0 Å². The number of rotatable bonds is 0. The molecule has 0 saturated carbocycles. The third-order valence-corrected chi connectivity index (χ3v) is 3.17. The second-order valence-corrected chi connectivity index (χ2v) is 3.92. The van der Waals surface area contributed by atoms with E-state index < -0.39 is 0 Å². The van der Waals surface area contributed by atoms with Gasteiger partial charge in [-0.2, -0.15) is 0 Å². The number of hydrogen-bond acceptors (Lipinski definition) is 3. The van der Waals surface area contributed by atoms with Gasteiger partial charge in [0.15, 0.2) is 12.5 Å². The molecule has 2 aliphatic rings. The van der Waals surface area contributed by atoms with Crippen molar-refractivity contribution in [3.05, 3.63) is 35.6 Å². The molecule has 0 amide bonds. The molecule has 64 valence electrons. The summed E-state index contributed by atoms with van der Waals surface area (Å²) in [7, 11) is 0. The van der Waals surface area contributed by atoms with E-state index in [2.05, 4.69) is 23.2 Å². The quantitative estimate of drug-likeness (QED) is 0.625. The topological polar surface area (TPSA) is 21.6 Å².